The van der Waals surface area contributed by atoms with E-state index in [1.807, 2.05) is 42.5 Å². The number of thiol groups is 1. The first kappa shape index (κ1) is 12.6. The summed E-state index contributed by atoms with van der Waals surface area (Å²) in [6.45, 7) is 0. The third kappa shape index (κ3) is 5.75. The second kappa shape index (κ2) is 8.18. The van der Waals surface area contributed by atoms with Crippen molar-refractivity contribution in [3.05, 3.63) is 60.2 Å². The molecule has 2 heteroatoms. The van der Waals surface area contributed by atoms with E-state index in [0.717, 1.165) is 5.75 Å². The van der Waals surface area contributed by atoms with Gasteiger partial charge in [0.15, 0.2) is 0 Å². The van der Waals surface area contributed by atoms with Gasteiger partial charge >= 0.3 is 0 Å². The molecule has 0 bridgehead atoms. The summed E-state index contributed by atoms with van der Waals surface area (Å²) in [5, 5.41) is 0. The molecule has 2 aromatic carbocycles. The van der Waals surface area contributed by atoms with Gasteiger partial charge in [-0.15, -0.1) is 5.56 Å². The van der Waals surface area contributed by atoms with Crippen molar-refractivity contribution in [3.63, 3.8) is 0 Å². The Morgan fingerprint density at radius 3 is 1.77 bits per heavy atom. The molecule has 0 saturated carbocycles. The Morgan fingerprint density at radius 2 is 1.54 bits per heavy atom. The van der Waals surface area contributed by atoms with Crippen molar-refractivity contribution in [2.24, 2.45) is 0 Å². The van der Waals surface area contributed by atoms with E-state index in [4.69, 9.17) is 0 Å². The number of rotatable bonds is 1. The van der Waals surface area contributed by atoms with Crippen molar-refractivity contribution < 1.29 is 17.1 Å². The molecule has 0 saturated heterocycles. The number of hydrogen-bond donors (Lipinski definition) is 1. The van der Waals surface area contributed by atoms with E-state index in [1.54, 1.807) is 0 Å². The molecule has 13 heavy (non-hydrogen) atoms. The Morgan fingerprint density at radius 1 is 1.00 bits per heavy atom. The van der Waals surface area contributed by atoms with Crippen LogP contribution in [0.5, 0.6) is 0 Å². The summed E-state index contributed by atoms with van der Waals surface area (Å²) in [7, 11) is 0. The largest absolute Gasteiger partial charge is 0.214 e. The van der Waals surface area contributed by atoms with Crippen molar-refractivity contribution in [2.75, 3.05) is 0 Å². The molecule has 0 aliphatic rings. The monoisotopic (exact) mass is 232 g/mol. The van der Waals surface area contributed by atoms with E-state index in [-0.39, 0.29) is 17.1 Å². The van der Waals surface area contributed by atoms with Crippen LogP contribution < -0.4 is 0 Å². The van der Waals surface area contributed by atoms with Crippen LogP contribution in [-0.2, 0) is 22.8 Å². The zero-order valence-corrected chi connectivity index (χ0v) is 9.20. The first-order chi connectivity index (χ1) is 5.93. The van der Waals surface area contributed by atoms with Crippen LogP contribution in [0.1, 0.15) is 5.56 Å². The Hall–Kier alpha value is -0.431. The second-order valence-corrected chi connectivity index (χ2v) is 2.73. The Bertz CT molecular complexity index is 241. The fraction of sp³-hybridized carbons (Fsp3) is 0.0909. The molecule has 2 aromatic rings. The van der Waals surface area contributed by atoms with E-state index < -0.39 is 0 Å². The topological polar surface area (TPSA) is 0 Å². The van der Waals surface area contributed by atoms with Gasteiger partial charge in [0.25, 0.3) is 0 Å². The van der Waals surface area contributed by atoms with Crippen LogP contribution in [0.3, 0.4) is 0 Å². The SMILES string of the molecule is SC[c-]1cccc1.[Fe].c1cc[cH-]c1. The summed E-state index contributed by atoms with van der Waals surface area (Å²) in [6.07, 6.45) is 0. The van der Waals surface area contributed by atoms with Crippen LogP contribution in [-0.4, -0.2) is 0 Å². The van der Waals surface area contributed by atoms with Crippen molar-refractivity contribution >= 4 is 12.6 Å². The zero-order chi connectivity index (χ0) is 8.65. The van der Waals surface area contributed by atoms with Crippen LogP contribution in [0.4, 0.5) is 0 Å². The van der Waals surface area contributed by atoms with Gasteiger partial charge in [-0.2, -0.15) is 43.0 Å². The van der Waals surface area contributed by atoms with E-state index in [9.17, 15) is 0 Å². The summed E-state index contributed by atoms with van der Waals surface area (Å²) in [5.74, 6) is 0.854. The van der Waals surface area contributed by atoms with Crippen LogP contribution in [0.2, 0.25) is 0 Å². The molecule has 0 heterocycles. The average molecular weight is 232 g/mol. The van der Waals surface area contributed by atoms with Gasteiger partial charge in [-0.25, -0.2) is 24.3 Å². The van der Waals surface area contributed by atoms with Gasteiger partial charge < -0.3 is 0 Å². The molecular weight excluding hydrogens is 220 g/mol. The Kier molecular flexibility index (Phi) is 7.91. The van der Waals surface area contributed by atoms with Crippen molar-refractivity contribution in [1.29, 1.82) is 0 Å². The summed E-state index contributed by atoms with van der Waals surface area (Å²) in [5.41, 5.74) is 1.29. The standard InChI is InChI=1S/C6H7S.C5H5.Fe/c7-5-6-3-1-2-4-6;1-2-4-5-3-1;/h1-4,7H,5H2;1-5H;/q2*-1;. The van der Waals surface area contributed by atoms with Crippen molar-refractivity contribution in [3.8, 4) is 0 Å². The molecule has 0 fully saturated rings. The van der Waals surface area contributed by atoms with Crippen molar-refractivity contribution in [1.82, 2.24) is 0 Å². The van der Waals surface area contributed by atoms with Crippen LogP contribution in [0.15, 0.2) is 54.6 Å². The van der Waals surface area contributed by atoms with Crippen LogP contribution in [0.25, 0.3) is 0 Å². The predicted molar refractivity (Wildman–Crippen MR) is 56.8 cm³/mol. The molecule has 0 N–H and O–H groups in total. The minimum absolute atomic E-state index is 0. The van der Waals surface area contributed by atoms with Crippen LogP contribution >= 0.6 is 12.6 Å². The molecule has 0 unspecified atom stereocenters. The Balaban J connectivity index is 0.000000215. The fourth-order valence-electron chi connectivity index (χ4n) is 0.840. The summed E-state index contributed by atoms with van der Waals surface area (Å²) in [6, 6.07) is 18.2. The molecule has 0 spiro atoms. The Labute approximate surface area is 95.6 Å². The molecule has 0 aliphatic heterocycles. The molecule has 0 aliphatic carbocycles. The van der Waals surface area contributed by atoms with E-state index in [2.05, 4.69) is 24.8 Å². The number of hydrogen-bond acceptors (Lipinski definition) is 1. The second-order valence-electron chi connectivity index (χ2n) is 2.41. The first-order valence-electron chi connectivity index (χ1n) is 3.91. The molecule has 0 amide bonds. The third-order valence-electron chi connectivity index (χ3n) is 1.47. The minimum Gasteiger partial charge on any atom is -0.214 e. The third-order valence-corrected chi connectivity index (χ3v) is 1.83. The molecule has 0 radical (unpaired) electrons. The summed E-state index contributed by atoms with van der Waals surface area (Å²) < 4.78 is 0. The van der Waals surface area contributed by atoms with Crippen LogP contribution in [0, 0.1) is 0 Å². The van der Waals surface area contributed by atoms with E-state index >= 15 is 0 Å². The molecule has 0 aromatic heterocycles. The predicted octanol–water partition coefficient (Wildman–Crippen LogP) is 3.24. The van der Waals surface area contributed by atoms with Gasteiger partial charge in [0.05, 0.1) is 0 Å². The maximum Gasteiger partial charge on any atom is 0 e. The maximum atomic E-state index is 4.08. The summed E-state index contributed by atoms with van der Waals surface area (Å²) >= 11 is 4.08. The maximum absolute atomic E-state index is 4.08. The molecule has 2 rings (SSSR count). The van der Waals surface area contributed by atoms with Gasteiger partial charge in [0, 0.05) is 17.1 Å². The molecule has 72 valence electrons. The van der Waals surface area contributed by atoms with Gasteiger partial charge in [0.2, 0.25) is 0 Å². The molecular formula is C11H12FeS-2. The smallest absolute Gasteiger partial charge is 0 e. The van der Waals surface area contributed by atoms with E-state index in [1.165, 1.54) is 5.56 Å². The summed E-state index contributed by atoms with van der Waals surface area (Å²) in [4.78, 5) is 0. The van der Waals surface area contributed by atoms with E-state index in [0.29, 0.717) is 0 Å². The van der Waals surface area contributed by atoms with Crippen molar-refractivity contribution in [2.45, 2.75) is 5.75 Å². The first-order valence-corrected chi connectivity index (χ1v) is 4.55. The average Bonchev–Trinajstić information content (AvgIpc) is 2.81. The van der Waals surface area contributed by atoms with Gasteiger partial charge in [-0.05, 0) is 5.75 Å². The minimum atomic E-state index is 0. The quantitative estimate of drug-likeness (QED) is 0.435. The normalized spacial score (nSPS) is 8.08. The zero-order valence-electron chi connectivity index (χ0n) is 7.20. The molecule has 0 atom stereocenters. The van der Waals surface area contributed by atoms with Gasteiger partial charge in [-0.3, -0.25) is 0 Å². The fourth-order valence-corrected chi connectivity index (χ4v) is 1.05. The van der Waals surface area contributed by atoms with Gasteiger partial charge in [-0.1, -0.05) is 0 Å². The molecule has 0 nitrogen and oxygen atoms in total. The van der Waals surface area contributed by atoms with Gasteiger partial charge in [0.1, 0.15) is 0 Å².